The van der Waals surface area contributed by atoms with E-state index in [0.29, 0.717) is 5.92 Å². The van der Waals surface area contributed by atoms with Gasteiger partial charge in [-0.25, -0.2) is 4.57 Å². The van der Waals surface area contributed by atoms with Gasteiger partial charge in [0.1, 0.15) is 7.05 Å². The monoisotopic (exact) mass is 342 g/mol. The van der Waals surface area contributed by atoms with Crippen LogP contribution >= 0.6 is 0 Å². The van der Waals surface area contributed by atoms with Gasteiger partial charge in [-0.1, -0.05) is 58.0 Å². The Balaban J connectivity index is 1.92. The summed E-state index contributed by atoms with van der Waals surface area (Å²) in [6.45, 7) is 11.4. The van der Waals surface area contributed by atoms with Crippen molar-refractivity contribution < 1.29 is 4.57 Å². The number of rotatable bonds is 2. The summed E-state index contributed by atoms with van der Waals surface area (Å²) in [6, 6.07) is 18.2. The second kappa shape index (κ2) is 5.81. The van der Waals surface area contributed by atoms with Gasteiger partial charge < -0.3 is 0 Å². The third kappa shape index (κ3) is 2.41. The summed E-state index contributed by atoms with van der Waals surface area (Å²) in [7, 11) is 2.16. The van der Waals surface area contributed by atoms with Gasteiger partial charge >= 0.3 is 0 Å². The lowest BCUT2D eigenvalue weighted by Crippen LogP contribution is -2.31. The van der Waals surface area contributed by atoms with E-state index in [-0.39, 0.29) is 5.41 Å². The van der Waals surface area contributed by atoms with E-state index in [9.17, 15) is 0 Å². The van der Waals surface area contributed by atoms with E-state index in [2.05, 4.69) is 101 Å². The van der Waals surface area contributed by atoms with E-state index >= 15 is 0 Å². The lowest BCUT2D eigenvalue weighted by atomic mass is 9.81. The molecule has 1 aliphatic carbocycles. The Kier molecular flexibility index (Phi) is 3.80. The third-order valence-corrected chi connectivity index (χ3v) is 6.03. The van der Waals surface area contributed by atoms with Crippen LogP contribution in [0.2, 0.25) is 0 Å². The van der Waals surface area contributed by atoms with Crippen LogP contribution in [-0.2, 0) is 12.5 Å². The predicted octanol–water partition coefficient (Wildman–Crippen LogP) is 5.92. The molecule has 132 valence electrons. The van der Waals surface area contributed by atoms with Crippen LogP contribution in [-0.4, -0.2) is 0 Å². The molecule has 0 bridgehead atoms. The van der Waals surface area contributed by atoms with Gasteiger partial charge in [0.15, 0.2) is 6.20 Å². The molecule has 26 heavy (non-hydrogen) atoms. The van der Waals surface area contributed by atoms with Crippen molar-refractivity contribution >= 4 is 0 Å². The Labute approximate surface area is 157 Å². The lowest BCUT2D eigenvalue weighted by molar-refractivity contribution is -0.660. The van der Waals surface area contributed by atoms with Gasteiger partial charge in [0.2, 0.25) is 5.69 Å². The zero-order chi connectivity index (χ0) is 18.6. The minimum absolute atomic E-state index is 0.0464. The second-order valence-electron chi connectivity index (χ2n) is 8.50. The molecule has 0 amide bonds. The van der Waals surface area contributed by atoms with Crippen molar-refractivity contribution in [2.45, 2.75) is 46.0 Å². The number of aromatic nitrogens is 1. The van der Waals surface area contributed by atoms with E-state index in [0.717, 1.165) is 0 Å². The number of aryl methyl sites for hydroxylation is 2. The van der Waals surface area contributed by atoms with Crippen molar-refractivity contribution in [1.82, 2.24) is 0 Å². The quantitative estimate of drug-likeness (QED) is 0.509. The molecule has 1 aliphatic rings. The van der Waals surface area contributed by atoms with Crippen LogP contribution in [0.3, 0.4) is 0 Å². The summed E-state index contributed by atoms with van der Waals surface area (Å²) in [6.07, 6.45) is 2.27. The van der Waals surface area contributed by atoms with Gasteiger partial charge in [0.25, 0.3) is 0 Å². The van der Waals surface area contributed by atoms with Crippen LogP contribution < -0.4 is 4.57 Å². The highest BCUT2D eigenvalue weighted by Gasteiger charge is 2.36. The molecule has 0 aliphatic heterocycles. The molecule has 4 rings (SSSR count). The molecule has 0 saturated heterocycles. The molecule has 1 aromatic heterocycles. The Morgan fingerprint density at radius 1 is 0.846 bits per heavy atom. The zero-order valence-electron chi connectivity index (χ0n) is 16.7. The second-order valence-corrected chi connectivity index (χ2v) is 8.50. The van der Waals surface area contributed by atoms with Crippen LogP contribution in [0.25, 0.3) is 22.4 Å². The number of hydrogen-bond donors (Lipinski definition) is 0. The van der Waals surface area contributed by atoms with Gasteiger partial charge in [0.05, 0.1) is 0 Å². The first-order valence-electron chi connectivity index (χ1n) is 9.55. The van der Waals surface area contributed by atoms with E-state index in [1.807, 2.05) is 0 Å². The van der Waals surface area contributed by atoms with Crippen molar-refractivity contribution in [2.24, 2.45) is 7.05 Å². The lowest BCUT2D eigenvalue weighted by Gasteiger charge is -2.22. The molecular weight excluding hydrogens is 314 g/mol. The molecule has 1 heterocycles. The highest BCUT2D eigenvalue weighted by atomic mass is 14.9. The van der Waals surface area contributed by atoms with Gasteiger partial charge in [-0.2, -0.15) is 0 Å². The third-order valence-electron chi connectivity index (χ3n) is 6.03. The van der Waals surface area contributed by atoms with E-state index in [4.69, 9.17) is 0 Å². The summed E-state index contributed by atoms with van der Waals surface area (Å²) in [5.41, 5.74) is 11.0. The van der Waals surface area contributed by atoms with Crippen molar-refractivity contribution in [1.29, 1.82) is 0 Å². The molecule has 0 N–H and O–H groups in total. The molecule has 0 fully saturated rings. The Morgan fingerprint density at radius 2 is 1.58 bits per heavy atom. The molecule has 0 unspecified atom stereocenters. The minimum atomic E-state index is 0.0464. The largest absolute Gasteiger partial charge is 0.212 e. The number of hydrogen-bond acceptors (Lipinski definition) is 0. The van der Waals surface area contributed by atoms with Crippen LogP contribution in [0.5, 0.6) is 0 Å². The van der Waals surface area contributed by atoms with Crippen molar-refractivity contribution in [3.05, 3.63) is 77.0 Å². The van der Waals surface area contributed by atoms with Crippen molar-refractivity contribution in [3.63, 3.8) is 0 Å². The summed E-state index contributed by atoms with van der Waals surface area (Å²) in [5, 5.41) is 0. The number of pyridine rings is 1. The smallest absolute Gasteiger partial charge is 0.201 e. The summed E-state index contributed by atoms with van der Waals surface area (Å²) in [5.74, 6) is 0.546. The maximum atomic E-state index is 2.43. The fraction of sp³-hybridized carbons (Fsp3) is 0.320. The number of fused-ring (bicyclic) bond motifs is 3. The fourth-order valence-electron chi connectivity index (χ4n) is 4.38. The average molecular weight is 343 g/mol. The Hall–Kier alpha value is -2.41. The first kappa shape index (κ1) is 17.0. The summed E-state index contributed by atoms with van der Waals surface area (Å²) in [4.78, 5) is 0. The highest BCUT2D eigenvalue weighted by Crippen LogP contribution is 2.50. The van der Waals surface area contributed by atoms with Crippen LogP contribution in [0.1, 0.15) is 55.9 Å². The fourth-order valence-corrected chi connectivity index (χ4v) is 4.38. The summed E-state index contributed by atoms with van der Waals surface area (Å²) >= 11 is 0. The van der Waals surface area contributed by atoms with Gasteiger partial charge in [-0.05, 0) is 52.8 Å². The Bertz CT molecular complexity index is 1010. The van der Waals surface area contributed by atoms with Crippen LogP contribution in [0.4, 0.5) is 0 Å². The molecule has 0 spiro atoms. The maximum absolute atomic E-state index is 2.43. The number of benzene rings is 2. The van der Waals surface area contributed by atoms with Gasteiger partial charge in [0, 0.05) is 22.6 Å². The van der Waals surface area contributed by atoms with Crippen LogP contribution in [0.15, 0.2) is 54.7 Å². The highest BCUT2D eigenvalue weighted by molar-refractivity contribution is 5.84. The van der Waals surface area contributed by atoms with Crippen molar-refractivity contribution in [3.8, 4) is 22.4 Å². The molecule has 0 saturated carbocycles. The maximum Gasteiger partial charge on any atom is 0.212 e. The first-order chi connectivity index (χ1) is 12.3. The summed E-state index contributed by atoms with van der Waals surface area (Å²) < 4.78 is 2.28. The predicted molar refractivity (Wildman–Crippen MR) is 109 cm³/mol. The molecule has 2 aromatic carbocycles. The SMILES string of the molecule is Cc1cc2c(cc1-c1ccc(C(C)C)c[n+]1C)C(C)(C)c1ccccc1-2. The molecule has 3 aromatic rings. The standard InChI is InChI=1S/C25H28N/c1-16(2)18-11-12-24(26(6)15-18)20-14-23-21(13-17(20)3)19-9-7-8-10-22(19)25(23,4)5/h7-16H,1-6H3/q+1. The minimum Gasteiger partial charge on any atom is -0.201 e. The molecular formula is C25H28N+. The normalized spacial score (nSPS) is 14.4. The number of nitrogens with zero attached hydrogens (tertiary/aromatic N) is 1. The van der Waals surface area contributed by atoms with E-state index in [1.165, 1.54) is 44.6 Å². The molecule has 0 atom stereocenters. The average Bonchev–Trinajstić information content (AvgIpc) is 2.82. The van der Waals surface area contributed by atoms with Gasteiger partial charge in [-0.3, -0.25) is 0 Å². The zero-order valence-corrected chi connectivity index (χ0v) is 16.7. The van der Waals surface area contributed by atoms with Crippen molar-refractivity contribution in [2.75, 3.05) is 0 Å². The molecule has 1 nitrogen and oxygen atoms in total. The van der Waals surface area contributed by atoms with E-state index in [1.54, 1.807) is 0 Å². The van der Waals surface area contributed by atoms with Gasteiger partial charge in [-0.15, -0.1) is 0 Å². The first-order valence-corrected chi connectivity index (χ1v) is 9.55. The van der Waals surface area contributed by atoms with Crippen LogP contribution in [0, 0.1) is 6.92 Å². The topological polar surface area (TPSA) is 3.88 Å². The Morgan fingerprint density at radius 3 is 2.27 bits per heavy atom. The molecule has 1 heteroatoms. The van der Waals surface area contributed by atoms with E-state index < -0.39 is 0 Å². The molecule has 0 radical (unpaired) electrons.